The van der Waals surface area contributed by atoms with Crippen molar-refractivity contribution in [1.82, 2.24) is 4.98 Å². The Morgan fingerprint density at radius 3 is 2.71 bits per heavy atom. The largest absolute Gasteiger partial charge is 0.396 e. The highest BCUT2D eigenvalue weighted by Crippen LogP contribution is 2.27. The maximum Gasteiger partial charge on any atom is 0.0459 e. The van der Waals surface area contributed by atoms with E-state index in [0.29, 0.717) is 5.92 Å². The lowest BCUT2D eigenvalue weighted by Gasteiger charge is -2.06. The van der Waals surface area contributed by atoms with Crippen LogP contribution in [0.4, 0.5) is 0 Å². The number of H-pyrrole nitrogens is 1. The number of fused-ring (bicyclic) bond motifs is 1. The van der Waals surface area contributed by atoms with Crippen LogP contribution in [0, 0.1) is 6.92 Å². The number of nitrogens with one attached hydrogen (secondary N) is 1. The predicted molar refractivity (Wildman–Crippen MR) is 72.5 cm³/mol. The Morgan fingerprint density at radius 2 is 2.06 bits per heavy atom. The minimum atomic E-state index is 0.260. The quantitative estimate of drug-likeness (QED) is 0.829. The number of rotatable bonds is 4. The lowest BCUT2D eigenvalue weighted by molar-refractivity contribution is 0.288. The molecule has 2 rings (SSSR count). The van der Waals surface area contributed by atoms with Gasteiger partial charge in [0.1, 0.15) is 0 Å². The van der Waals surface area contributed by atoms with Crippen molar-refractivity contribution in [2.24, 2.45) is 0 Å². The average Bonchev–Trinajstić information content (AvgIpc) is 2.61. The molecule has 0 amide bonds. The van der Waals surface area contributed by atoms with Crippen LogP contribution in [0.3, 0.4) is 0 Å². The molecule has 0 aliphatic heterocycles. The molecule has 0 aliphatic carbocycles. The summed E-state index contributed by atoms with van der Waals surface area (Å²) in [5.41, 5.74) is 5.17. The zero-order chi connectivity index (χ0) is 12.4. The van der Waals surface area contributed by atoms with E-state index in [1.54, 1.807) is 0 Å². The maximum atomic E-state index is 8.96. The molecule has 0 unspecified atom stereocenters. The van der Waals surface area contributed by atoms with Crippen LogP contribution in [0.25, 0.3) is 10.9 Å². The lowest BCUT2D eigenvalue weighted by atomic mass is 9.99. The molecule has 1 heterocycles. The molecule has 92 valence electrons. The Labute approximate surface area is 103 Å². The van der Waals surface area contributed by atoms with Crippen LogP contribution in [0.15, 0.2) is 18.2 Å². The molecule has 0 fully saturated rings. The van der Waals surface area contributed by atoms with E-state index in [1.165, 1.54) is 27.7 Å². The van der Waals surface area contributed by atoms with E-state index in [9.17, 15) is 0 Å². The normalized spacial score (nSPS) is 11.6. The fourth-order valence-electron chi connectivity index (χ4n) is 2.34. The average molecular weight is 231 g/mol. The Balaban J connectivity index is 2.49. The monoisotopic (exact) mass is 231 g/mol. The van der Waals surface area contributed by atoms with Gasteiger partial charge in [0.05, 0.1) is 0 Å². The topological polar surface area (TPSA) is 36.0 Å². The van der Waals surface area contributed by atoms with E-state index < -0.39 is 0 Å². The molecule has 2 N–H and O–H groups in total. The van der Waals surface area contributed by atoms with E-state index in [2.05, 4.69) is 44.0 Å². The Hall–Kier alpha value is -1.28. The maximum absolute atomic E-state index is 8.96. The molecule has 0 radical (unpaired) electrons. The van der Waals surface area contributed by atoms with Gasteiger partial charge in [-0.15, -0.1) is 0 Å². The minimum absolute atomic E-state index is 0.260. The highest BCUT2D eigenvalue weighted by atomic mass is 16.2. The molecule has 2 nitrogen and oxygen atoms in total. The second-order valence-electron chi connectivity index (χ2n) is 5.02. The van der Waals surface area contributed by atoms with Crippen molar-refractivity contribution in [2.75, 3.05) is 6.61 Å². The van der Waals surface area contributed by atoms with Crippen LogP contribution in [-0.4, -0.2) is 16.7 Å². The van der Waals surface area contributed by atoms with Gasteiger partial charge in [0.2, 0.25) is 0 Å². The van der Waals surface area contributed by atoms with Gasteiger partial charge in [-0.25, -0.2) is 0 Å². The summed E-state index contributed by atoms with van der Waals surface area (Å²) < 4.78 is 0. The molecular formula is C15H21NO. The van der Waals surface area contributed by atoms with Crippen molar-refractivity contribution in [3.63, 3.8) is 0 Å². The van der Waals surface area contributed by atoms with Crippen LogP contribution in [0.5, 0.6) is 0 Å². The van der Waals surface area contributed by atoms with Crippen molar-refractivity contribution < 1.29 is 5.11 Å². The number of hydrogen-bond donors (Lipinski definition) is 2. The first-order chi connectivity index (χ1) is 8.13. The van der Waals surface area contributed by atoms with E-state index in [0.717, 1.165) is 12.8 Å². The SMILES string of the molecule is Cc1[nH]c2ccc(C(C)C)cc2c1CCCO. The van der Waals surface area contributed by atoms with Crippen LogP contribution in [0.1, 0.15) is 43.0 Å². The summed E-state index contributed by atoms with van der Waals surface area (Å²) in [6.45, 7) is 6.81. The molecular weight excluding hydrogens is 210 g/mol. The highest BCUT2D eigenvalue weighted by Gasteiger charge is 2.09. The number of hydrogen-bond acceptors (Lipinski definition) is 1. The van der Waals surface area contributed by atoms with Crippen molar-refractivity contribution in [3.05, 3.63) is 35.0 Å². The first-order valence-electron chi connectivity index (χ1n) is 6.35. The summed E-state index contributed by atoms with van der Waals surface area (Å²) in [5, 5.41) is 10.3. The van der Waals surface area contributed by atoms with Crippen molar-refractivity contribution in [2.45, 2.75) is 39.5 Å². The van der Waals surface area contributed by atoms with Crippen LogP contribution >= 0.6 is 0 Å². The van der Waals surface area contributed by atoms with Crippen LogP contribution in [-0.2, 0) is 6.42 Å². The first-order valence-corrected chi connectivity index (χ1v) is 6.35. The summed E-state index contributed by atoms with van der Waals surface area (Å²) >= 11 is 0. The van der Waals surface area contributed by atoms with Gasteiger partial charge in [-0.05, 0) is 48.9 Å². The molecule has 2 heteroatoms. The van der Waals surface area contributed by atoms with Gasteiger partial charge in [0.25, 0.3) is 0 Å². The molecule has 0 saturated heterocycles. The minimum Gasteiger partial charge on any atom is -0.396 e. The number of aliphatic hydroxyl groups excluding tert-OH is 1. The fourth-order valence-corrected chi connectivity index (χ4v) is 2.34. The van der Waals surface area contributed by atoms with Crippen LogP contribution in [0.2, 0.25) is 0 Å². The molecule has 0 spiro atoms. The number of benzene rings is 1. The van der Waals surface area contributed by atoms with Gasteiger partial charge in [-0.1, -0.05) is 19.9 Å². The van der Waals surface area contributed by atoms with Gasteiger partial charge < -0.3 is 10.1 Å². The summed E-state index contributed by atoms with van der Waals surface area (Å²) in [5.74, 6) is 0.556. The lowest BCUT2D eigenvalue weighted by Crippen LogP contribution is -1.91. The van der Waals surface area contributed by atoms with Gasteiger partial charge in [0.15, 0.2) is 0 Å². The Kier molecular flexibility index (Phi) is 3.53. The summed E-state index contributed by atoms with van der Waals surface area (Å²) in [6, 6.07) is 6.65. The highest BCUT2D eigenvalue weighted by molar-refractivity contribution is 5.85. The van der Waals surface area contributed by atoms with E-state index in [1.807, 2.05) is 0 Å². The third kappa shape index (κ3) is 2.37. The molecule has 1 aromatic carbocycles. The molecule has 1 aromatic heterocycles. The van der Waals surface area contributed by atoms with Gasteiger partial charge in [-0.3, -0.25) is 0 Å². The van der Waals surface area contributed by atoms with Gasteiger partial charge in [0, 0.05) is 23.2 Å². The number of aliphatic hydroxyl groups is 1. The molecule has 0 saturated carbocycles. The molecule has 0 bridgehead atoms. The first kappa shape index (κ1) is 12.2. The summed E-state index contributed by atoms with van der Waals surface area (Å²) in [7, 11) is 0. The third-order valence-corrected chi connectivity index (χ3v) is 3.40. The van der Waals surface area contributed by atoms with E-state index in [4.69, 9.17) is 5.11 Å². The fraction of sp³-hybridized carbons (Fsp3) is 0.467. The van der Waals surface area contributed by atoms with E-state index in [-0.39, 0.29) is 6.61 Å². The number of aromatic amines is 1. The van der Waals surface area contributed by atoms with E-state index >= 15 is 0 Å². The summed E-state index contributed by atoms with van der Waals surface area (Å²) in [4.78, 5) is 3.42. The molecule has 2 aromatic rings. The van der Waals surface area contributed by atoms with Gasteiger partial charge in [-0.2, -0.15) is 0 Å². The van der Waals surface area contributed by atoms with Gasteiger partial charge >= 0.3 is 0 Å². The zero-order valence-electron chi connectivity index (χ0n) is 10.9. The summed E-state index contributed by atoms with van der Waals surface area (Å²) in [6.07, 6.45) is 1.78. The smallest absolute Gasteiger partial charge is 0.0459 e. The predicted octanol–water partition coefficient (Wildman–Crippen LogP) is 3.52. The number of aryl methyl sites for hydroxylation is 2. The molecule has 17 heavy (non-hydrogen) atoms. The zero-order valence-corrected chi connectivity index (χ0v) is 10.9. The van der Waals surface area contributed by atoms with Crippen molar-refractivity contribution in [1.29, 1.82) is 0 Å². The van der Waals surface area contributed by atoms with Crippen molar-refractivity contribution >= 4 is 10.9 Å². The van der Waals surface area contributed by atoms with Crippen molar-refractivity contribution in [3.8, 4) is 0 Å². The Bertz CT molecular complexity index is 511. The standard InChI is InChI=1S/C15H21NO/c1-10(2)12-6-7-15-14(9-12)13(5-4-8-17)11(3)16-15/h6-7,9-10,16-17H,4-5,8H2,1-3H3. The number of aromatic nitrogens is 1. The second kappa shape index (κ2) is 4.92. The second-order valence-corrected chi connectivity index (χ2v) is 5.02. The molecule has 0 atom stereocenters. The Morgan fingerprint density at radius 1 is 1.29 bits per heavy atom. The molecule has 0 aliphatic rings. The third-order valence-electron chi connectivity index (χ3n) is 3.40. The van der Waals surface area contributed by atoms with Crippen LogP contribution < -0.4 is 0 Å².